The van der Waals surface area contributed by atoms with Gasteiger partial charge in [0.15, 0.2) is 0 Å². The molecule has 2 fully saturated rings. The molecule has 3 aromatic heterocycles. The number of aromatic nitrogens is 4. The number of nitrogens with zero attached hydrogens (tertiary/aromatic N) is 8. The second-order valence-electron chi connectivity index (χ2n) is 17.5. The fourth-order valence-corrected chi connectivity index (χ4v) is 9.17. The van der Waals surface area contributed by atoms with Crippen LogP contribution in [-0.2, 0) is 56.9 Å². The molecule has 0 spiro atoms. The van der Waals surface area contributed by atoms with Crippen LogP contribution in [0.1, 0.15) is 48.8 Å². The molecule has 66 heavy (non-hydrogen) atoms. The molecule has 0 radical (unpaired) electrons. The van der Waals surface area contributed by atoms with Crippen molar-refractivity contribution in [3.8, 4) is 22.9 Å². The van der Waals surface area contributed by atoms with Gasteiger partial charge in [0.05, 0.1) is 54.9 Å². The summed E-state index contributed by atoms with van der Waals surface area (Å²) in [6.07, 6.45) is 6.62. The number of halogens is 2. The molecule has 7 rings (SSSR count). The first-order valence-electron chi connectivity index (χ1n) is 22.0. The normalized spacial score (nSPS) is 21.0. The maximum atomic E-state index is 15.0. The van der Waals surface area contributed by atoms with Crippen LogP contribution < -0.4 is 10.1 Å². The summed E-state index contributed by atoms with van der Waals surface area (Å²) in [5.41, 5.74) is 2.81. The maximum absolute atomic E-state index is 15.0. The van der Waals surface area contributed by atoms with Crippen molar-refractivity contribution in [2.24, 2.45) is 13.0 Å². The van der Waals surface area contributed by atoms with E-state index in [4.69, 9.17) is 32.7 Å². The molecule has 5 heterocycles. The van der Waals surface area contributed by atoms with E-state index in [1.165, 1.54) is 12.0 Å². The van der Waals surface area contributed by atoms with Gasteiger partial charge in [-0.05, 0) is 94.4 Å². The minimum atomic E-state index is -1.12. The van der Waals surface area contributed by atoms with Crippen molar-refractivity contribution in [2.45, 2.75) is 69.7 Å². The van der Waals surface area contributed by atoms with Crippen molar-refractivity contribution in [2.75, 3.05) is 47.9 Å². The van der Waals surface area contributed by atoms with Crippen molar-refractivity contribution in [3.63, 3.8) is 0 Å². The molecular weight excluding hydrogens is 882 g/mol. The smallest absolute Gasteiger partial charge is 0.247 e. The van der Waals surface area contributed by atoms with Crippen LogP contribution in [0, 0.1) is 5.92 Å². The summed E-state index contributed by atoms with van der Waals surface area (Å²) in [6, 6.07) is 19.4. The first-order chi connectivity index (χ1) is 31.6. The van der Waals surface area contributed by atoms with E-state index < -0.39 is 35.4 Å². The number of benzene rings is 2. The number of imidazole rings is 1. The lowest BCUT2D eigenvalue weighted by Gasteiger charge is -2.50. The molecule has 17 heteroatoms. The number of carbonyl (C=O) groups is 4. The van der Waals surface area contributed by atoms with Crippen molar-refractivity contribution < 1.29 is 28.7 Å². The summed E-state index contributed by atoms with van der Waals surface area (Å²) < 4.78 is 13.9. The van der Waals surface area contributed by atoms with Crippen molar-refractivity contribution in [1.29, 1.82) is 0 Å². The van der Waals surface area contributed by atoms with Gasteiger partial charge in [0.25, 0.3) is 0 Å². The summed E-state index contributed by atoms with van der Waals surface area (Å²) in [5.74, 6) is -0.834. The van der Waals surface area contributed by atoms with Crippen LogP contribution in [0.25, 0.3) is 11.4 Å². The number of methoxy groups -OCH3 is 1. The highest BCUT2D eigenvalue weighted by Gasteiger charge is 2.46. The van der Waals surface area contributed by atoms with E-state index in [0.29, 0.717) is 70.8 Å². The lowest BCUT2D eigenvalue weighted by Crippen LogP contribution is -2.65. The van der Waals surface area contributed by atoms with E-state index in [2.05, 4.69) is 20.3 Å². The maximum Gasteiger partial charge on any atom is 0.247 e. The molecule has 0 unspecified atom stereocenters. The Balaban J connectivity index is 1.23. The Bertz CT molecular complexity index is 2510. The van der Waals surface area contributed by atoms with Gasteiger partial charge in [-0.25, -0.2) is 4.98 Å². The quantitative estimate of drug-likeness (QED) is 0.144. The molecule has 0 saturated carbocycles. The van der Waals surface area contributed by atoms with Gasteiger partial charge in [0, 0.05) is 74.6 Å². The predicted molar refractivity (Wildman–Crippen MR) is 252 cm³/mol. The van der Waals surface area contributed by atoms with Gasteiger partial charge in [-0.3, -0.25) is 29.1 Å². The molecule has 348 valence electrons. The molecule has 2 aromatic carbocycles. The van der Waals surface area contributed by atoms with E-state index in [9.17, 15) is 14.4 Å². The summed E-state index contributed by atoms with van der Waals surface area (Å²) >= 11 is 12.8. The highest BCUT2D eigenvalue weighted by Crippen LogP contribution is 2.35. The Kier molecular flexibility index (Phi) is 15.4. The molecular formula is C49H57Cl2N9O6. The van der Waals surface area contributed by atoms with Crippen LogP contribution in [0.5, 0.6) is 11.5 Å². The fraction of sp³-hybridized carbons (Fsp3) is 0.408. The third kappa shape index (κ3) is 11.2. The predicted octanol–water partition coefficient (Wildman–Crippen LogP) is 6.21. The van der Waals surface area contributed by atoms with Crippen LogP contribution in [0.3, 0.4) is 0 Å². The summed E-state index contributed by atoms with van der Waals surface area (Å²) in [7, 11) is 9.10. The molecule has 5 aromatic rings. The molecule has 4 amide bonds. The second-order valence-corrected chi connectivity index (χ2v) is 18.4. The summed E-state index contributed by atoms with van der Waals surface area (Å²) in [4.78, 5) is 79.9. The van der Waals surface area contributed by atoms with E-state index >= 15 is 4.79 Å². The number of pyridine rings is 2. The highest BCUT2D eigenvalue weighted by molar-refractivity contribution is 6.31. The molecule has 4 atom stereocenters. The van der Waals surface area contributed by atoms with Crippen molar-refractivity contribution in [1.82, 2.24) is 44.4 Å². The molecule has 2 aliphatic rings. The number of carbonyl (C=O) groups excluding carboxylic acids is 4. The highest BCUT2D eigenvalue weighted by atomic mass is 35.5. The van der Waals surface area contributed by atoms with Crippen LogP contribution in [0.15, 0.2) is 91.4 Å². The number of fused-ring (bicyclic) bond motifs is 2. The molecule has 15 nitrogen and oxygen atoms in total. The van der Waals surface area contributed by atoms with Gasteiger partial charge in [-0.1, -0.05) is 47.5 Å². The molecule has 2 bridgehead atoms. The van der Waals surface area contributed by atoms with Crippen molar-refractivity contribution in [3.05, 3.63) is 124 Å². The Hall–Kier alpha value is -5.87. The van der Waals surface area contributed by atoms with Crippen LogP contribution >= 0.6 is 23.2 Å². The summed E-state index contributed by atoms with van der Waals surface area (Å²) in [5, 5.41) is 3.90. The third-order valence-corrected chi connectivity index (χ3v) is 13.0. The number of rotatable bonds is 13. The zero-order valence-corrected chi connectivity index (χ0v) is 39.8. The van der Waals surface area contributed by atoms with Gasteiger partial charge in [0.1, 0.15) is 29.4 Å². The lowest BCUT2D eigenvalue weighted by molar-refractivity contribution is -0.153. The Labute approximate surface area is 396 Å². The first-order valence-corrected chi connectivity index (χ1v) is 22.8. The van der Waals surface area contributed by atoms with Gasteiger partial charge in [-0.15, -0.1) is 0 Å². The van der Waals surface area contributed by atoms with Gasteiger partial charge in [-0.2, -0.15) is 0 Å². The van der Waals surface area contributed by atoms with Crippen LogP contribution in [0.4, 0.5) is 0 Å². The number of hydrogen-bond acceptors (Lipinski definition) is 10. The second kappa shape index (κ2) is 21.2. The fourth-order valence-electron chi connectivity index (χ4n) is 8.88. The third-order valence-electron chi connectivity index (χ3n) is 12.6. The summed E-state index contributed by atoms with van der Waals surface area (Å²) in [6.45, 7) is 2.70. The first kappa shape index (κ1) is 48.1. The molecule has 2 saturated heterocycles. The van der Waals surface area contributed by atoms with E-state index in [-0.39, 0.29) is 44.4 Å². The van der Waals surface area contributed by atoms with Gasteiger partial charge in [0.2, 0.25) is 23.6 Å². The number of ether oxygens (including phenoxy) is 2. The standard InChI is InChI=1S/C49H57Cl2N9O6/c1-32-46(62)55-41(30-65-6)48(64)58(5)49(25-33-11-14-36(50)15-12-33)19-9-21-59(31-49)47(63)35(22-38-10-7-8-20-52-38)23-45(61)60(32)28-34-13-16-37(51)24-43(34)66-39-17-18-40(53-26-39)42-27-54-44(57(42)4)29-56(2)3/h7-8,10-18,20,24,26-27,32,35,41H,9,19,21-23,25,28-31H2,1-6H3,(H,55,62)/t32-,35+,41-,49+/m0/s1. The number of piperidine rings is 1. The van der Waals surface area contributed by atoms with E-state index in [0.717, 1.165) is 17.1 Å². The van der Waals surface area contributed by atoms with E-state index in [1.54, 1.807) is 84.8 Å². The lowest BCUT2D eigenvalue weighted by atomic mass is 9.80. The van der Waals surface area contributed by atoms with E-state index in [1.807, 2.05) is 60.9 Å². The minimum absolute atomic E-state index is 0.101. The van der Waals surface area contributed by atoms with Crippen LogP contribution in [0.2, 0.25) is 10.0 Å². The number of likely N-dealkylation sites (N-methyl/N-ethyl adjacent to an activating group) is 1. The average molecular weight is 939 g/mol. The Morgan fingerprint density at radius 2 is 1.68 bits per heavy atom. The number of nitrogens with one attached hydrogen (secondary N) is 1. The SMILES string of the molecule is COC[C@@H]1NC(=O)[C@H](C)N(Cc2ccc(Cl)cc2Oc2ccc(-c3cnc(CN(C)C)n3C)nc2)C(=O)C[C@@H](Cc2ccccn2)C(=O)N2CCC[C@@](Cc3ccc(Cl)cc3)(C2)N(C)C1=O. The zero-order chi connectivity index (χ0) is 47.1. The zero-order valence-electron chi connectivity index (χ0n) is 38.2. The minimum Gasteiger partial charge on any atom is -0.455 e. The monoisotopic (exact) mass is 937 g/mol. The number of hydrogen-bond donors (Lipinski definition) is 1. The molecule has 1 N–H and O–H groups in total. The molecule has 2 aliphatic heterocycles. The topological polar surface area (TPSA) is 155 Å². The van der Waals surface area contributed by atoms with Gasteiger partial charge >= 0.3 is 0 Å². The Morgan fingerprint density at radius 3 is 2.38 bits per heavy atom. The van der Waals surface area contributed by atoms with Gasteiger partial charge < -0.3 is 39.0 Å². The number of amides is 4. The van der Waals surface area contributed by atoms with Crippen LogP contribution in [-0.4, -0.2) is 128 Å². The molecule has 0 aliphatic carbocycles. The largest absolute Gasteiger partial charge is 0.455 e. The van der Waals surface area contributed by atoms with Crippen molar-refractivity contribution >= 4 is 46.8 Å². The average Bonchev–Trinajstić information content (AvgIpc) is 3.66. The Morgan fingerprint density at radius 1 is 0.909 bits per heavy atom.